The molecule has 0 unspecified atom stereocenters. The molecule has 0 aromatic heterocycles. The molecule has 0 heterocycles. The molecule has 2 N–H and O–H groups in total. The van der Waals surface area contributed by atoms with E-state index in [1.54, 1.807) is 6.07 Å². The van der Waals surface area contributed by atoms with E-state index in [0.717, 1.165) is 5.56 Å². The van der Waals surface area contributed by atoms with E-state index in [0.29, 0.717) is 5.75 Å². The largest absolute Gasteiger partial charge is 0.263 e. The van der Waals surface area contributed by atoms with Crippen LogP contribution < -0.4 is 10.7 Å². The molecule has 0 spiro atoms. The number of aryl methyl sites for hydroxylation is 1. The second kappa shape index (κ2) is 3.49. The van der Waals surface area contributed by atoms with Gasteiger partial charge in [-0.3, -0.25) is 4.84 Å². The van der Waals surface area contributed by atoms with Crippen LogP contribution in [0.4, 0.5) is 0 Å². The van der Waals surface area contributed by atoms with Gasteiger partial charge in [-0.1, -0.05) is 18.2 Å². The fourth-order valence-corrected chi connectivity index (χ4v) is 0.939. The van der Waals surface area contributed by atoms with Crippen molar-refractivity contribution in [2.24, 2.45) is 5.84 Å². The van der Waals surface area contributed by atoms with E-state index in [1.165, 1.54) is 0 Å². The van der Waals surface area contributed by atoms with E-state index in [2.05, 4.69) is 0 Å². The lowest BCUT2D eigenvalue weighted by Gasteiger charge is -2.11. The summed E-state index contributed by atoms with van der Waals surface area (Å²) in [4.78, 5) is 4.98. The van der Waals surface area contributed by atoms with Crippen LogP contribution in [0.5, 0.6) is 5.75 Å². The number of nitrogens with zero attached hydrogens (tertiary/aromatic N) is 1. The molecule has 0 aliphatic rings. The molecule has 0 bridgehead atoms. The molecule has 5 heteroatoms. The highest BCUT2D eigenvalue weighted by Gasteiger charge is 2.22. The molecule has 0 aliphatic carbocycles. The maximum Gasteiger partial charge on any atom is 0.263 e. The Labute approximate surface area is 81.0 Å². The first-order valence-corrected chi connectivity index (χ1v) is 3.99. The molecule has 1 aromatic carbocycles. The third kappa shape index (κ3) is 2.87. The average Bonchev–Trinajstić information content (AvgIpc) is 1.91. The fourth-order valence-electron chi connectivity index (χ4n) is 0.790. The third-order valence-corrected chi connectivity index (χ3v) is 1.45. The van der Waals surface area contributed by atoms with Crippen molar-refractivity contribution in [3.8, 4) is 5.75 Å². The lowest BCUT2D eigenvalue weighted by atomic mass is 10.2. The van der Waals surface area contributed by atoms with Crippen LogP contribution in [0.2, 0.25) is 0 Å². The Bertz CT molecular complexity index is 272. The zero-order valence-electron chi connectivity index (χ0n) is 6.50. The van der Waals surface area contributed by atoms with Crippen molar-refractivity contribution in [2.45, 2.75) is 6.92 Å². The highest BCUT2D eigenvalue weighted by Crippen LogP contribution is 2.21. The van der Waals surface area contributed by atoms with Gasteiger partial charge in [0.05, 0.1) is 0 Å². The number of nitrogens with two attached hydrogens (primary N) is 1. The fraction of sp³-hybridized carbons (Fsp3) is 0.143. The number of halogens is 2. The molecule has 66 valence electrons. The summed E-state index contributed by atoms with van der Waals surface area (Å²) in [6, 6.07) is 7.31. The average molecular weight is 208 g/mol. The molecule has 0 radical (unpaired) electrons. The van der Waals surface area contributed by atoms with Crippen molar-refractivity contribution in [3.63, 3.8) is 0 Å². The molecule has 0 saturated heterocycles. The Morgan fingerprint density at radius 1 is 1.33 bits per heavy atom. The van der Waals surface area contributed by atoms with Gasteiger partial charge < -0.3 is 0 Å². The van der Waals surface area contributed by atoms with Gasteiger partial charge in [0, 0.05) is 0 Å². The van der Waals surface area contributed by atoms with Crippen molar-refractivity contribution in [1.29, 1.82) is 0 Å². The molecule has 0 aliphatic heterocycles. The number of hydrogen-bond donors (Lipinski definition) is 1. The van der Waals surface area contributed by atoms with Crippen molar-refractivity contribution in [1.82, 2.24) is 0 Å². The van der Waals surface area contributed by atoms with Crippen molar-refractivity contribution in [2.75, 3.05) is 0 Å². The summed E-state index contributed by atoms with van der Waals surface area (Å²) in [5.74, 6) is 5.74. The van der Waals surface area contributed by atoms with Crippen LogP contribution in [0.25, 0.3) is 0 Å². The summed E-state index contributed by atoms with van der Waals surface area (Å²) in [5, 5.41) is 0. The van der Waals surface area contributed by atoms with E-state index in [1.807, 2.05) is 25.1 Å². The summed E-state index contributed by atoms with van der Waals surface area (Å²) in [7, 11) is 0. The zero-order chi connectivity index (χ0) is 9.19. The Balaban J connectivity index is 2.83. The third-order valence-electron chi connectivity index (χ3n) is 1.31. The van der Waals surface area contributed by atoms with Crippen LogP contribution in [-0.2, 0) is 0 Å². The van der Waals surface area contributed by atoms with Gasteiger partial charge in [0.1, 0.15) is 3.79 Å². The van der Waals surface area contributed by atoms with Crippen LogP contribution in [0.15, 0.2) is 24.3 Å². The van der Waals surface area contributed by atoms with Gasteiger partial charge in [0.25, 0.3) is 23.6 Å². The van der Waals surface area contributed by atoms with E-state index in [4.69, 9.17) is 34.2 Å². The van der Waals surface area contributed by atoms with Crippen LogP contribution in [0, 0.1) is 6.92 Å². The molecule has 1 aromatic rings. The topological polar surface area (TPSA) is 35.2 Å². The Morgan fingerprint density at radius 3 is 2.42 bits per heavy atom. The first-order valence-electron chi connectivity index (χ1n) is 3.31. The second-order valence-corrected chi connectivity index (χ2v) is 3.54. The van der Waals surface area contributed by atoms with Crippen molar-refractivity contribution >= 4 is 23.6 Å². The predicted octanol–water partition coefficient (Wildman–Crippen LogP) is 2.29. The summed E-state index contributed by atoms with van der Waals surface area (Å²) >= 11 is 10.8. The van der Waals surface area contributed by atoms with Gasteiger partial charge in [-0.2, -0.15) is 0 Å². The zero-order valence-corrected chi connectivity index (χ0v) is 8.01. The smallest absolute Gasteiger partial charge is 0.255 e. The summed E-state index contributed by atoms with van der Waals surface area (Å²) in [5.41, 5.74) is 0.923. The van der Waals surface area contributed by atoms with Crippen LogP contribution in [0.1, 0.15) is 5.56 Å². The first kappa shape index (κ1) is 9.61. The van der Waals surface area contributed by atoms with Crippen LogP contribution >= 0.6 is 23.6 Å². The minimum atomic E-state index is -1.06. The SMILES string of the molecule is Cc1ccccc1O[N+](N)(Cl)Cl. The molecule has 0 atom stereocenters. The van der Waals surface area contributed by atoms with Gasteiger partial charge in [0.15, 0.2) is 0 Å². The summed E-state index contributed by atoms with van der Waals surface area (Å²) < 4.78 is -1.06. The highest BCUT2D eigenvalue weighted by atomic mass is 35.5. The number of quaternary nitrogens is 1. The second-order valence-electron chi connectivity index (χ2n) is 2.36. The standard InChI is InChI=1S/C7H9Cl2N2O/c1-6-4-2-3-5-7(6)12-11(8,9)10/h2-5H,10H2,1H3/q+1. The molecule has 12 heavy (non-hydrogen) atoms. The lowest BCUT2D eigenvalue weighted by molar-refractivity contribution is -0.893. The summed E-state index contributed by atoms with van der Waals surface area (Å²) in [6.45, 7) is 1.87. The molecule has 0 fully saturated rings. The molecular weight excluding hydrogens is 199 g/mol. The molecule has 3 nitrogen and oxygen atoms in total. The number of rotatable bonds is 2. The van der Waals surface area contributed by atoms with Gasteiger partial charge in [0.2, 0.25) is 5.75 Å². The Hall–Kier alpha value is -0.480. The molecule has 0 saturated carbocycles. The van der Waals surface area contributed by atoms with Gasteiger partial charge in [-0.25, -0.2) is 0 Å². The van der Waals surface area contributed by atoms with E-state index in [9.17, 15) is 0 Å². The Kier molecular flexibility index (Phi) is 2.80. The first-order chi connectivity index (χ1) is 5.49. The lowest BCUT2D eigenvalue weighted by Crippen LogP contribution is -2.38. The number of hydrogen-bond acceptors (Lipinski definition) is 2. The van der Waals surface area contributed by atoms with Crippen LogP contribution in [0.3, 0.4) is 0 Å². The number of benzene rings is 1. The molecule has 0 amide bonds. The van der Waals surface area contributed by atoms with Gasteiger partial charge in [-0.15, -0.1) is 5.84 Å². The normalized spacial score (nSPS) is 11.3. The van der Waals surface area contributed by atoms with Crippen molar-refractivity contribution in [3.05, 3.63) is 29.8 Å². The van der Waals surface area contributed by atoms with Gasteiger partial charge >= 0.3 is 0 Å². The maximum absolute atomic E-state index is 5.40. The van der Waals surface area contributed by atoms with Crippen molar-refractivity contribution < 1.29 is 8.63 Å². The number of para-hydroxylation sites is 1. The minimum Gasteiger partial charge on any atom is -0.255 e. The van der Waals surface area contributed by atoms with E-state index < -0.39 is 3.79 Å². The maximum atomic E-state index is 5.40. The highest BCUT2D eigenvalue weighted by molar-refractivity contribution is 6.22. The molecule has 1 rings (SSSR count). The van der Waals surface area contributed by atoms with Crippen LogP contribution in [-0.4, -0.2) is 3.79 Å². The monoisotopic (exact) mass is 207 g/mol. The summed E-state index contributed by atoms with van der Waals surface area (Å²) in [6.07, 6.45) is 0. The van der Waals surface area contributed by atoms with Gasteiger partial charge in [-0.05, 0) is 18.6 Å². The predicted molar refractivity (Wildman–Crippen MR) is 48.0 cm³/mol. The molecular formula is C7H9Cl2N2O+. The van der Waals surface area contributed by atoms with E-state index >= 15 is 0 Å². The Morgan fingerprint density at radius 2 is 1.92 bits per heavy atom. The minimum absolute atomic E-state index is 0.560. The van der Waals surface area contributed by atoms with E-state index in [-0.39, 0.29) is 0 Å². The quantitative estimate of drug-likeness (QED) is 0.459.